The Balaban J connectivity index is 2.59. The first-order chi connectivity index (χ1) is 9.79. The summed E-state index contributed by atoms with van der Waals surface area (Å²) in [6, 6.07) is 5.03. The molecule has 1 atom stereocenters. The molecular formula is C13H17F2N3O2S. The maximum atomic E-state index is 12.2. The number of nitrogens with one attached hydrogen (secondary N) is 1. The number of rotatable bonds is 6. The second-order valence-electron chi connectivity index (χ2n) is 4.45. The van der Waals surface area contributed by atoms with Gasteiger partial charge < -0.3 is 16.0 Å². The maximum Gasteiger partial charge on any atom is 0.312 e. The number of carbonyl (C=O) groups is 2. The van der Waals surface area contributed by atoms with Gasteiger partial charge in [0.25, 0.3) is 5.76 Å². The van der Waals surface area contributed by atoms with Crippen molar-refractivity contribution in [1.29, 1.82) is 0 Å². The van der Waals surface area contributed by atoms with Crippen LogP contribution < -0.4 is 11.1 Å². The van der Waals surface area contributed by atoms with Gasteiger partial charge in [0.2, 0.25) is 5.91 Å². The molecule has 21 heavy (non-hydrogen) atoms. The summed E-state index contributed by atoms with van der Waals surface area (Å²) < 4.78 is 24.4. The van der Waals surface area contributed by atoms with E-state index in [4.69, 9.17) is 5.73 Å². The zero-order chi connectivity index (χ0) is 16.0. The van der Waals surface area contributed by atoms with Crippen molar-refractivity contribution in [2.24, 2.45) is 5.73 Å². The number of likely N-dealkylation sites (N-methyl/N-ethyl adjacent to an activating group) is 1. The topological polar surface area (TPSA) is 75.4 Å². The van der Waals surface area contributed by atoms with Crippen LogP contribution in [0.25, 0.3) is 0 Å². The van der Waals surface area contributed by atoms with Crippen LogP contribution in [0.4, 0.5) is 13.6 Å². The van der Waals surface area contributed by atoms with Crippen molar-refractivity contribution in [3.8, 4) is 0 Å². The minimum Gasteiger partial charge on any atom is -0.352 e. The summed E-state index contributed by atoms with van der Waals surface area (Å²) in [7, 11) is 1.59. The highest BCUT2D eigenvalue weighted by Gasteiger charge is 2.18. The number of nitrogens with two attached hydrogens (primary N) is 1. The fourth-order valence-electron chi connectivity index (χ4n) is 1.73. The number of primary amides is 1. The predicted molar refractivity (Wildman–Crippen MR) is 77.0 cm³/mol. The molecule has 0 saturated carbocycles. The first kappa shape index (κ1) is 17.2. The molecule has 0 aliphatic heterocycles. The summed E-state index contributed by atoms with van der Waals surface area (Å²) in [5, 5.41) is 2.30. The molecule has 0 saturated heterocycles. The minimum absolute atomic E-state index is 0.292. The summed E-state index contributed by atoms with van der Waals surface area (Å²) in [4.78, 5) is 24.5. The number of hydrogen-bond acceptors (Lipinski definition) is 3. The van der Waals surface area contributed by atoms with Crippen LogP contribution in [0.5, 0.6) is 0 Å². The summed E-state index contributed by atoms with van der Waals surface area (Å²) in [6.07, 6.45) is 0. The lowest BCUT2D eigenvalue weighted by molar-refractivity contribution is -0.132. The standard InChI is InChI=1S/C13H17F2N3O2S/c1-8(17-13(16)20)11(19)18(2)7-9-3-5-10(6-4-9)21-12(14)15/h3-6,8,12H,7H2,1-2H3,(H3,16,17,20). The summed E-state index contributed by atoms with van der Waals surface area (Å²) in [6.45, 7) is 1.84. The molecule has 3 N–H and O–H groups in total. The van der Waals surface area contributed by atoms with Gasteiger partial charge in [-0.2, -0.15) is 8.78 Å². The molecule has 1 unspecified atom stereocenters. The number of halogens is 2. The molecule has 116 valence electrons. The summed E-state index contributed by atoms with van der Waals surface area (Å²) in [5.41, 5.74) is 5.76. The molecule has 0 radical (unpaired) electrons. The predicted octanol–water partition coefficient (Wildman–Crippen LogP) is 2.02. The van der Waals surface area contributed by atoms with Gasteiger partial charge in [0.05, 0.1) is 0 Å². The lowest BCUT2D eigenvalue weighted by Gasteiger charge is -2.21. The molecule has 0 aliphatic carbocycles. The SMILES string of the molecule is CC(NC(N)=O)C(=O)N(C)Cc1ccc(SC(F)F)cc1. The molecule has 0 heterocycles. The molecule has 5 nitrogen and oxygen atoms in total. The van der Waals surface area contributed by atoms with Crippen molar-refractivity contribution in [3.63, 3.8) is 0 Å². The van der Waals surface area contributed by atoms with Crippen LogP contribution in [0.3, 0.4) is 0 Å². The number of amides is 3. The first-order valence-electron chi connectivity index (χ1n) is 6.14. The molecule has 3 amide bonds. The van der Waals surface area contributed by atoms with E-state index in [1.165, 1.54) is 11.8 Å². The van der Waals surface area contributed by atoms with E-state index in [0.29, 0.717) is 23.2 Å². The Morgan fingerprint density at radius 3 is 2.38 bits per heavy atom. The Morgan fingerprint density at radius 2 is 1.90 bits per heavy atom. The Morgan fingerprint density at radius 1 is 1.33 bits per heavy atom. The summed E-state index contributed by atoms with van der Waals surface area (Å²) >= 11 is 0.469. The molecule has 0 bridgehead atoms. The van der Waals surface area contributed by atoms with Gasteiger partial charge in [-0.15, -0.1) is 0 Å². The highest BCUT2D eigenvalue weighted by molar-refractivity contribution is 7.99. The normalized spacial score (nSPS) is 12.0. The average molecular weight is 317 g/mol. The fourth-order valence-corrected chi connectivity index (χ4v) is 2.23. The smallest absolute Gasteiger partial charge is 0.312 e. The van der Waals surface area contributed by atoms with Crippen LogP contribution in [0.1, 0.15) is 12.5 Å². The molecule has 0 aliphatic rings. The largest absolute Gasteiger partial charge is 0.352 e. The van der Waals surface area contributed by atoms with E-state index in [2.05, 4.69) is 5.32 Å². The Hall–Kier alpha value is -1.83. The lowest BCUT2D eigenvalue weighted by atomic mass is 10.2. The molecule has 8 heteroatoms. The van der Waals surface area contributed by atoms with Crippen LogP contribution in [0, 0.1) is 0 Å². The average Bonchev–Trinajstić information content (AvgIpc) is 2.38. The highest BCUT2D eigenvalue weighted by Crippen LogP contribution is 2.25. The molecule has 1 aromatic rings. The Labute approximate surface area is 125 Å². The van der Waals surface area contributed by atoms with E-state index >= 15 is 0 Å². The molecule has 0 aromatic heterocycles. The number of hydrogen-bond donors (Lipinski definition) is 2. The molecule has 1 rings (SSSR count). The first-order valence-corrected chi connectivity index (χ1v) is 7.02. The lowest BCUT2D eigenvalue weighted by Crippen LogP contribution is -2.47. The van der Waals surface area contributed by atoms with Gasteiger partial charge in [0.1, 0.15) is 6.04 Å². The third-order valence-corrected chi connectivity index (χ3v) is 3.40. The second kappa shape index (κ2) is 7.82. The molecule has 1 aromatic carbocycles. The van der Waals surface area contributed by atoms with Gasteiger partial charge in [-0.3, -0.25) is 4.79 Å². The monoisotopic (exact) mass is 317 g/mol. The van der Waals surface area contributed by atoms with Crippen molar-refractivity contribution in [1.82, 2.24) is 10.2 Å². The fraction of sp³-hybridized carbons (Fsp3) is 0.385. The van der Waals surface area contributed by atoms with Crippen molar-refractivity contribution >= 4 is 23.7 Å². The number of urea groups is 1. The minimum atomic E-state index is -2.46. The number of carbonyl (C=O) groups excluding carboxylic acids is 2. The van der Waals surface area contributed by atoms with Crippen LogP contribution in [-0.4, -0.2) is 35.7 Å². The quantitative estimate of drug-likeness (QED) is 0.788. The second-order valence-corrected chi connectivity index (χ2v) is 5.51. The van der Waals surface area contributed by atoms with Crippen LogP contribution in [0.15, 0.2) is 29.2 Å². The van der Waals surface area contributed by atoms with Gasteiger partial charge >= 0.3 is 6.03 Å². The van der Waals surface area contributed by atoms with Crippen LogP contribution >= 0.6 is 11.8 Å². The van der Waals surface area contributed by atoms with E-state index in [1.54, 1.807) is 31.3 Å². The number of alkyl halides is 2. The molecular weight excluding hydrogens is 300 g/mol. The van der Waals surface area contributed by atoms with E-state index < -0.39 is 17.8 Å². The highest BCUT2D eigenvalue weighted by atomic mass is 32.2. The van der Waals surface area contributed by atoms with Crippen LogP contribution in [-0.2, 0) is 11.3 Å². The van der Waals surface area contributed by atoms with E-state index in [1.807, 2.05) is 0 Å². The summed E-state index contributed by atoms with van der Waals surface area (Å²) in [5.74, 6) is -2.75. The van der Waals surface area contributed by atoms with Crippen molar-refractivity contribution < 1.29 is 18.4 Å². The number of nitrogens with zero attached hydrogens (tertiary/aromatic N) is 1. The third-order valence-electron chi connectivity index (χ3n) is 2.67. The van der Waals surface area contributed by atoms with E-state index in [-0.39, 0.29) is 5.91 Å². The van der Waals surface area contributed by atoms with E-state index in [0.717, 1.165) is 5.56 Å². The van der Waals surface area contributed by atoms with Crippen molar-refractivity contribution in [3.05, 3.63) is 29.8 Å². The van der Waals surface area contributed by atoms with Crippen molar-refractivity contribution in [2.75, 3.05) is 7.05 Å². The van der Waals surface area contributed by atoms with Gasteiger partial charge in [0.15, 0.2) is 0 Å². The van der Waals surface area contributed by atoms with Crippen molar-refractivity contribution in [2.45, 2.75) is 30.2 Å². The van der Waals surface area contributed by atoms with Gasteiger partial charge in [-0.25, -0.2) is 4.79 Å². The van der Waals surface area contributed by atoms with Crippen LogP contribution in [0.2, 0.25) is 0 Å². The number of benzene rings is 1. The number of thioether (sulfide) groups is 1. The molecule has 0 fully saturated rings. The van der Waals surface area contributed by atoms with E-state index in [9.17, 15) is 18.4 Å². The zero-order valence-electron chi connectivity index (χ0n) is 11.7. The Bertz CT molecular complexity index is 497. The van der Waals surface area contributed by atoms with Gasteiger partial charge in [0, 0.05) is 18.5 Å². The zero-order valence-corrected chi connectivity index (χ0v) is 12.5. The Kier molecular flexibility index (Phi) is 6.41. The van der Waals surface area contributed by atoms with Gasteiger partial charge in [-0.05, 0) is 24.6 Å². The maximum absolute atomic E-state index is 12.2. The molecule has 0 spiro atoms. The third kappa shape index (κ3) is 5.99. The van der Waals surface area contributed by atoms with Gasteiger partial charge in [-0.1, -0.05) is 23.9 Å².